The number of hydrogen-bond donors (Lipinski definition) is 0. The first kappa shape index (κ1) is 556. The molecule has 0 atom stereocenters. The molecule has 24 N–H and O–H groups in total. The smallest absolute Gasteiger partial charge is 0 e. The van der Waals surface area contributed by atoms with Gasteiger partial charge in [-0.1, -0.05) is 0 Å². The molecule has 0 spiro atoms. The van der Waals surface area contributed by atoms with Gasteiger partial charge >= 0.3 is 0 Å². The van der Waals surface area contributed by atoms with Gasteiger partial charge in [-0.25, -0.2) is 0 Å². The third kappa shape index (κ3) is 443. The van der Waals surface area contributed by atoms with E-state index in [0.29, 0.717) is 0 Å². The van der Waals surface area contributed by atoms with Crippen LogP contribution in [0.4, 0.5) is 0 Å². The van der Waals surface area contributed by atoms with Crippen LogP contribution in [0.3, 0.4) is 0 Å². The molecule has 0 aromatic carbocycles. The predicted octanol–water partition coefficient (Wildman–Crippen LogP) is -12.6. The minimum Gasteiger partial charge on any atom is -0.412 e. The van der Waals surface area contributed by atoms with Crippen LogP contribution in [0.5, 0.6) is 0 Å². The molecule has 0 aliphatic carbocycles. The molecule has 0 rings (SSSR count). The zero-order valence-corrected chi connectivity index (χ0v) is 29.5. The first-order chi connectivity index (χ1) is 0. The summed E-state index contributed by atoms with van der Waals surface area (Å²) in [7, 11) is 0. The normalized spacial score (nSPS) is 0. The van der Waals surface area contributed by atoms with E-state index in [1.165, 1.54) is 0 Å². The molecule has 0 unspecified atom stereocenters. The van der Waals surface area contributed by atoms with Gasteiger partial charge in [0.2, 0.25) is 0 Å². The minimum atomic E-state index is 0. The van der Waals surface area contributed by atoms with Gasteiger partial charge < -0.3 is 65.7 Å². The maximum atomic E-state index is 0. The van der Waals surface area contributed by atoms with Gasteiger partial charge in [-0.3, -0.25) is 0 Å². The molecule has 0 fully saturated rings. The van der Waals surface area contributed by atoms with Gasteiger partial charge in [0.05, 0.1) is 0 Å². The first-order valence-corrected chi connectivity index (χ1v) is 0. The summed E-state index contributed by atoms with van der Waals surface area (Å²) in [4.78, 5) is 0. The monoisotopic (exact) mass is 1270 g/mol. The molecule has 0 heterocycles. The van der Waals surface area contributed by atoms with Crippen LogP contribution >= 0.6 is 0 Å². The molecule has 12 nitrogen and oxygen atoms in total. The zero-order chi connectivity index (χ0) is 0. The van der Waals surface area contributed by atoms with Gasteiger partial charge in [-0.05, 0) is 0 Å². The van der Waals surface area contributed by atoms with E-state index in [-0.39, 0.29) is 223 Å². The molecular weight excluding hydrogens is 1250 g/mol. The van der Waals surface area contributed by atoms with Crippen LogP contribution in [0.25, 0.3) is 0 Å². The fraction of sp³-hybridized carbons (Fsp3) is 0. The molecule has 0 aliphatic rings. The van der Waals surface area contributed by atoms with Crippen LogP contribution in [0.2, 0.25) is 0 Å². The second-order valence-corrected chi connectivity index (χ2v) is 0. The molecule has 19 heavy (non-hydrogen) atoms. The van der Waals surface area contributed by atoms with Crippen molar-refractivity contribution in [3.63, 3.8) is 0 Å². The van der Waals surface area contributed by atoms with Crippen LogP contribution in [0.15, 0.2) is 0 Å². The Kier molecular flexibility index (Phi) is 14200. The van der Waals surface area contributed by atoms with Crippen LogP contribution in [0.1, 0.15) is 0 Å². The number of rotatable bonds is 0. The molecule has 24 radical (unpaired) electrons. The maximum absolute atomic E-state index is 0. The Morgan fingerprint density at radius 1 is 0.158 bits per heavy atom. The van der Waals surface area contributed by atoms with Crippen molar-refractivity contribution in [3.05, 3.63) is 0 Å². The largest absolute Gasteiger partial charge is 0.412 e. The van der Waals surface area contributed by atoms with Crippen molar-refractivity contribution in [2.75, 3.05) is 0 Å². The molecule has 128 valence electrons. The molecule has 0 aromatic heterocycles. The van der Waals surface area contributed by atoms with Crippen molar-refractivity contribution >= 4 is 158 Å². The van der Waals surface area contributed by atoms with E-state index in [9.17, 15) is 0 Å². The summed E-state index contributed by atoms with van der Waals surface area (Å²) in [6, 6.07) is 0. The second kappa shape index (κ2) is 487. The van der Waals surface area contributed by atoms with Crippen LogP contribution < -0.4 is 0 Å². The summed E-state index contributed by atoms with van der Waals surface area (Å²) in [6.45, 7) is 0. The van der Waals surface area contributed by atoms with Gasteiger partial charge in [-0.15, -0.1) is 0 Å². The van der Waals surface area contributed by atoms with Crippen molar-refractivity contribution in [1.82, 2.24) is 0 Å². The maximum Gasteiger partial charge on any atom is 0 e. The van der Waals surface area contributed by atoms with Crippen molar-refractivity contribution < 1.29 is 65.7 Å². The van der Waals surface area contributed by atoms with Crippen molar-refractivity contribution in [2.24, 2.45) is 0 Å². The second-order valence-electron chi connectivity index (χ2n) is 0. The van der Waals surface area contributed by atoms with Crippen molar-refractivity contribution in [2.45, 2.75) is 0 Å². The van der Waals surface area contributed by atoms with E-state index < -0.39 is 0 Å². The quantitative estimate of drug-likeness (QED) is 0.204. The van der Waals surface area contributed by atoms with E-state index in [2.05, 4.69) is 0 Å². The van der Waals surface area contributed by atoms with E-state index in [1.54, 1.807) is 0 Å². The average molecular weight is 1270 g/mol. The standard InChI is InChI=1S/4Bi.3Ge.12H2O/h;;;;;;;12*1H2. The van der Waals surface area contributed by atoms with E-state index in [0.717, 1.165) is 0 Å². The molecular formula is H24Bi4Ge3O12. The molecule has 0 aliphatic heterocycles. The topological polar surface area (TPSA) is 378 Å². The van der Waals surface area contributed by atoms with Gasteiger partial charge in [0.15, 0.2) is 0 Å². The Balaban J connectivity index is 0. The van der Waals surface area contributed by atoms with E-state index in [1.807, 2.05) is 0 Å². The van der Waals surface area contributed by atoms with Gasteiger partial charge in [-0.2, -0.15) is 0 Å². The summed E-state index contributed by atoms with van der Waals surface area (Å²) < 4.78 is 0. The molecule has 0 bridgehead atoms. The minimum absolute atomic E-state index is 0. The fourth-order valence-corrected chi connectivity index (χ4v) is 0. The Bertz CT molecular complexity index is 24.9. The summed E-state index contributed by atoms with van der Waals surface area (Å²) in [5.41, 5.74) is 0. The van der Waals surface area contributed by atoms with Crippen molar-refractivity contribution in [3.8, 4) is 0 Å². The molecule has 0 aromatic rings. The predicted molar refractivity (Wildman–Crippen MR) is 83.6 cm³/mol. The van der Waals surface area contributed by atoms with E-state index in [4.69, 9.17) is 0 Å². The first-order valence-electron chi connectivity index (χ1n) is 0. The van der Waals surface area contributed by atoms with Gasteiger partial charge in [0.25, 0.3) is 0 Å². The van der Waals surface area contributed by atoms with Crippen LogP contribution in [0, 0.1) is 0 Å². The SMILES string of the molecule is O.O.O.O.O.O.O.O.O.O.O.O.[Bi].[Bi].[Bi].[Bi].[Ge].[Ge].[Ge]. The fourth-order valence-electron chi connectivity index (χ4n) is 0. The Hall–Kier alpha value is 4.68. The number of hydrogen-bond acceptors (Lipinski definition) is 0. The molecule has 0 saturated heterocycles. The zero-order valence-electron chi connectivity index (χ0n) is 9.29. The van der Waals surface area contributed by atoms with Gasteiger partial charge in [0, 0.05) is 158 Å². The van der Waals surface area contributed by atoms with Gasteiger partial charge in [0.1, 0.15) is 0 Å². The Labute approximate surface area is 219 Å². The van der Waals surface area contributed by atoms with Crippen LogP contribution in [-0.2, 0) is 0 Å². The molecule has 0 amide bonds. The third-order valence-corrected chi connectivity index (χ3v) is 0. The average Bonchev–Trinajstić information content (AvgIpc) is 0. The van der Waals surface area contributed by atoms with Crippen LogP contribution in [-0.4, -0.2) is 223 Å². The van der Waals surface area contributed by atoms with E-state index >= 15 is 0 Å². The summed E-state index contributed by atoms with van der Waals surface area (Å²) in [6.07, 6.45) is 0. The van der Waals surface area contributed by atoms with Crippen molar-refractivity contribution in [1.29, 1.82) is 0 Å². The molecule has 0 saturated carbocycles. The third-order valence-electron chi connectivity index (χ3n) is 0. The summed E-state index contributed by atoms with van der Waals surface area (Å²) >= 11 is 0. The Morgan fingerprint density at radius 3 is 0.158 bits per heavy atom. The summed E-state index contributed by atoms with van der Waals surface area (Å²) in [5, 5.41) is 0. The Morgan fingerprint density at radius 2 is 0.158 bits per heavy atom. The molecule has 19 heteroatoms. The summed E-state index contributed by atoms with van der Waals surface area (Å²) in [5.74, 6) is 0.